The lowest BCUT2D eigenvalue weighted by atomic mass is 10.0. The number of hydrogen-bond donors (Lipinski definition) is 2. The molecular weight excluding hydrogens is 378 g/mol. The van der Waals surface area contributed by atoms with Crippen LogP contribution in [0.3, 0.4) is 0 Å². The van der Waals surface area contributed by atoms with Crippen molar-refractivity contribution in [3.8, 4) is 5.82 Å². The highest BCUT2D eigenvalue weighted by Crippen LogP contribution is 2.15. The van der Waals surface area contributed by atoms with Crippen LogP contribution in [0.2, 0.25) is 0 Å². The van der Waals surface area contributed by atoms with Crippen LogP contribution in [0.1, 0.15) is 37.7 Å². The summed E-state index contributed by atoms with van der Waals surface area (Å²) in [4.78, 5) is 11.8. The van der Waals surface area contributed by atoms with Crippen LogP contribution < -0.4 is 10.6 Å². The maximum atomic E-state index is 5.48. The van der Waals surface area contributed by atoms with E-state index in [1.54, 1.807) is 0 Å². The lowest BCUT2D eigenvalue weighted by molar-refractivity contribution is -0.00834. The van der Waals surface area contributed by atoms with Gasteiger partial charge in [0.15, 0.2) is 11.8 Å². The highest BCUT2D eigenvalue weighted by Gasteiger charge is 2.28. The number of aryl methyl sites for hydroxylation is 2. The van der Waals surface area contributed by atoms with Crippen LogP contribution >= 0.6 is 0 Å². The maximum Gasteiger partial charge on any atom is 0.191 e. The summed E-state index contributed by atoms with van der Waals surface area (Å²) >= 11 is 0. The van der Waals surface area contributed by atoms with E-state index in [4.69, 9.17) is 9.73 Å². The van der Waals surface area contributed by atoms with Crippen LogP contribution in [-0.2, 0) is 11.3 Å². The molecule has 8 nitrogen and oxygen atoms in total. The zero-order valence-electron chi connectivity index (χ0n) is 18.9. The Kier molecular flexibility index (Phi) is 7.44. The molecule has 0 aliphatic carbocycles. The predicted octanol–water partition coefficient (Wildman–Crippen LogP) is 2.05. The van der Waals surface area contributed by atoms with Gasteiger partial charge >= 0.3 is 0 Å². The quantitative estimate of drug-likeness (QED) is 0.534. The molecule has 0 radical (unpaired) electrons. The molecule has 8 heteroatoms. The van der Waals surface area contributed by atoms with Gasteiger partial charge in [0.1, 0.15) is 0 Å². The second-order valence-corrected chi connectivity index (χ2v) is 8.32. The smallest absolute Gasteiger partial charge is 0.191 e. The van der Waals surface area contributed by atoms with E-state index in [0.29, 0.717) is 6.54 Å². The molecule has 0 saturated carbocycles. The molecule has 0 spiro atoms. The highest BCUT2D eigenvalue weighted by molar-refractivity contribution is 5.79. The van der Waals surface area contributed by atoms with Crippen LogP contribution in [-0.4, -0.2) is 70.6 Å². The van der Waals surface area contributed by atoms with Gasteiger partial charge in [-0.2, -0.15) is 5.10 Å². The van der Waals surface area contributed by atoms with Crippen molar-refractivity contribution in [3.63, 3.8) is 0 Å². The number of hydrogen-bond acceptors (Lipinski definition) is 5. The number of nitrogens with one attached hydrogen (secondary N) is 2. The molecule has 30 heavy (non-hydrogen) atoms. The first-order valence-corrected chi connectivity index (χ1v) is 10.7. The molecule has 0 amide bonds. The van der Waals surface area contributed by atoms with E-state index in [9.17, 15) is 0 Å². The molecule has 1 saturated heterocycles. The Hall–Kier alpha value is -2.45. The highest BCUT2D eigenvalue weighted by atomic mass is 16.5. The van der Waals surface area contributed by atoms with Crippen molar-refractivity contribution < 1.29 is 4.74 Å². The molecule has 1 aliphatic heterocycles. The minimum absolute atomic E-state index is 0.0307. The number of pyridine rings is 1. The molecule has 0 bridgehead atoms. The van der Waals surface area contributed by atoms with Gasteiger partial charge in [0, 0.05) is 43.6 Å². The minimum Gasteiger partial charge on any atom is -0.379 e. The van der Waals surface area contributed by atoms with Crippen LogP contribution in [0.15, 0.2) is 29.4 Å². The molecule has 1 aliphatic rings. The second kappa shape index (κ2) is 10.0. The number of nitrogens with zero attached hydrogens (tertiary/aromatic N) is 5. The topological polar surface area (TPSA) is 79.6 Å². The zero-order chi connectivity index (χ0) is 21.6. The van der Waals surface area contributed by atoms with E-state index in [0.717, 1.165) is 68.1 Å². The lowest BCUT2D eigenvalue weighted by Crippen LogP contribution is -2.56. The van der Waals surface area contributed by atoms with Crippen molar-refractivity contribution in [3.05, 3.63) is 41.3 Å². The number of morpholine rings is 1. The Labute approximate surface area is 179 Å². The Bertz CT molecular complexity index is 836. The van der Waals surface area contributed by atoms with Gasteiger partial charge in [-0.25, -0.2) is 14.7 Å². The summed E-state index contributed by atoms with van der Waals surface area (Å²) in [5.41, 5.74) is 3.16. The monoisotopic (exact) mass is 413 g/mol. The molecule has 2 aromatic rings. The van der Waals surface area contributed by atoms with E-state index < -0.39 is 0 Å². The average Bonchev–Trinajstić information content (AvgIpc) is 3.09. The maximum absolute atomic E-state index is 5.48. The van der Waals surface area contributed by atoms with Crippen molar-refractivity contribution in [1.82, 2.24) is 30.3 Å². The van der Waals surface area contributed by atoms with Crippen molar-refractivity contribution in [2.45, 2.75) is 46.7 Å². The first-order valence-electron chi connectivity index (χ1n) is 10.7. The van der Waals surface area contributed by atoms with Gasteiger partial charge in [0.05, 0.1) is 25.5 Å². The molecule has 2 N–H and O–H groups in total. The van der Waals surface area contributed by atoms with Crippen LogP contribution in [0, 0.1) is 13.8 Å². The van der Waals surface area contributed by atoms with Crippen molar-refractivity contribution in [1.29, 1.82) is 0 Å². The van der Waals surface area contributed by atoms with Crippen molar-refractivity contribution in [2.24, 2.45) is 4.99 Å². The Morgan fingerprint density at radius 2 is 1.97 bits per heavy atom. The number of ether oxygens (including phenoxy) is 1. The fourth-order valence-corrected chi connectivity index (χ4v) is 3.59. The molecular formula is C22H35N7O. The van der Waals surface area contributed by atoms with Gasteiger partial charge in [-0.1, -0.05) is 6.07 Å². The lowest BCUT2D eigenvalue weighted by Gasteiger charge is -2.41. The molecule has 2 aromatic heterocycles. The summed E-state index contributed by atoms with van der Waals surface area (Å²) in [6, 6.07) is 6.10. The minimum atomic E-state index is 0.0307. The molecule has 1 fully saturated rings. The average molecular weight is 414 g/mol. The Morgan fingerprint density at radius 3 is 2.57 bits per heavy atom. The van der Waals surface area contributed by atoms with Crippen LogP contribution in [0.5, 0.6) is 0 Å². The number of rotatable bonds is 7. The zero-order valence-corrected chi connectivity index (χ0v) is 18.9. The first kappa shape index (κ1) is 22.2. The van der Waals surface area contributed by atoms with Crippen LogP contribution in [0.4, 0.5) is 0 Å². The summed E-state index contributed by atoms with van der Waals surface area (Å²) in [6.45, 7) is 16.4. The molecule has 164 valence electrons. The van der Waals surface area contributed by atoms with Gasteiger partial charge in [0.2, 0.25) is 0 Å². The van der Waals surface area contributed by atoms with Gasteiger partial charge in [-0.3, -0.25) is 4.90 Å². The number of guanidine groups is 1. The fourth-order valence-electron chi connectivity index (χ4n) is 3.59. The van der Waals surface area contributed by atoms with Gasteiger partial charge in [-0.15, -0.1) is 0 Å². The molecule has 0 unspecified atom stereocenters. The molecule has 0 atom stereocenters. The standard InChI is InChI=1S/C22H35N7O/c1-6-23-21(26-16-22(4,5)28-9-11-30-12-10-28)25-15-19-7-8-20(24-14-19)29-18(3)13-17(2)27-29/h7-8,13-14H,6,9-12,15-16H2,1-5H3,(H2,23,25,26). The van der Waals surface area contributed by atoms with E-state index >= 15 is 0 Å². The predicted molar refractivity (Wildman–Crippen MR) is 120 cm³/mol. The molecule has 3 rings (SSSR count). The third-order valence-corrected chi connectivity index (χ3v) is 5.36. The molecule has 0 aromatic carbocycles. The third-order valence-electron chi connectivity index (χ3n) is 5.36. The Balaban J connectivity index is 1.60. The Morgan fingerprint density at radius 1 is 1.20 bits per heavy atom. The largest absolute Gasteiger partial charge is 0.379 e. The van der Waals surface area contributed by atoms with Crippen LogP contribution in [0.25, 0.3) is 5.82 Å². The second-order valence-electron chi connectivity index (χ2n) is 8.32. The van der Waals surface area contributed by atoms with Crippen molar-refractivity contribution >= 4 is 5.96 Å². The van der Waals surface area contributed by atoms with Gasteiger partial charge in [-0.05, 0) is 52.3 Å². The van der Waals surface area contributed by atoms with Gasteiger partial charge < -0.3 is 15.4 Å². The number of aliphatic imine (C=N–C) groups is 1. The van der Waals surface area contributed by atoms with E-state index in [1.807, 2.05) is 36.9 Å². The first-order chi connectivity index (χ1) is 14.4. The van der Waals surface area contributed by atoms with E-state index in [2.05, 4.69) is 52.5 Å². The van der Waals surface area contributed by atoms with E-state index in [1.165, 1.54) is 0 Å². The SMILES string of the molecule is CCNC(=NCc1ccc(-n2nc(C)cc2C)nc1)NCC(C)(C)N1CCOCC1. The third kappa shape index (κ3) is 5.79. The normalized spacial score (nSPS) is 16.0. The summed E-state index contributed by atoms with van der Waals surface area (Å²) in [5, 5.41) is 11.3. The summed E-state index contributed by atoms with van der Waals surface area (Å²) in [5.74, 6) is 1.65. The summed E-state index contributed by atoms with van der Waals surface area (Å²) in [6.07, 6.45) is 1.87. The summed E-state index contributed by atoms with van der Waals surface area (Å²) in [7, 11) is 0. The fraction of sp³-hybridized carbons (Fsp3) is 0.591. The van der Waals surface area contributed by atoms with E-state index in [-0.39, 0.29) is 5.54 Å². The molecule has 3 heterocycles. The summed E-state index contributed by atoms with van der Waals surface area (Å²) < 4.78 is 7.34. The van der Waals surface area contributed by atoms with Gasteiger partial charge in [0.25, 0.3) is 0 Å². The number of aromatic nitrogens is 3. The van der Waals surface area contributed by atoms with Crippen molar-refractivity contribution in [2.75, 3.05) is 39.4 Å².